The third kappa shape index (κ3) is 3.21. The van der Waals surface area contributed by atoms with Crippen LogP contribution in [0.2, 0.25) is 0 Å². The topological polar surface area (TPSA) is 113 Å². The maximum atomic E-state index is 13.1. The summed E-state index contributed by atoms with van der Waals surface area (Å²) < 4.78 is 10.5. The molecule has 156 valence electrons. The number of hydrogen-bond acceptors (Lipinski definition) is 9. The molecule has 31 heavy (non-hydrogen) atoms. The summed E-state index contributed by atoms with van der Waals surface area (Å²) >= 11 is 0. The van der Waals surface area contributed by atoms with Gasteiger partial charge in [-0.25, -0.2) is 4.90 Å². The Bertz CT molecular complexity index is 1170. The summed E-state index contributed by atoms with van der Waals surface area (Å²) in [5, 5.41) is 13.4. The molecular formula is C21H18N6O4. The second kappa shape index (κ2) is 7.31. The highest BCUT2D eigenvalue weighted by Gasteiger charge is 2.55. The molecular weight excluding hydrogens is 400 g/mol. The number of ether oxygens (including phenoxy) is 1. The van der Waals surface area contributed by atoms with Gasteiger partial charge in [-0.15, -0.1) is 0 Å². The van der Waals surface area contributed by atoms with E-state index in [2.05, 4.69) is 20.5 Å². The molecule has 0 unspecified atom stereocenters. The van der Waals surface area contributed by atoms with E-state index >= 15 is 0 Å². The third-order valence-corrected chi connectivity index (χ3v) is 5.26. The Balaban J connectivity index is 1.34. The van der Waals surface area contributed by atoms with Crippen molar-refractivity contribution in [3.63, 3.8) is 0 Å². The molecule has 0 radical (unpaired) electrons. The van der Waals surface area contributed by atoms with Gasteiger partial charge in [-0.05, 0) is 31.2 Å². The molecule has 0 bridgehead atoms. The molecule has 3 heterocycles. The minimum absolute atomic E-state index is 0.0685. The van der Waals surface area contributed by atoms with Crippen molar-refractivity contribution in [3.8, 4) is 17.1 Å². The highest BCUT2D eigenvalue weighted by atomic mass is 16.5. The number of fused-ring (bicyclic) bond motifs is 1. The van der Waals surface area contributed by atoms with Crippen LogP contribution in [0.1, 0.15) is 11.5 Å². The largest absolute Gasteiger partial charge is 0.497 e. The van der Waals surface area contributed by atoms with E-state index in [-0.39, 0.29) is 12.4 Å². The van der Waals surface area contributed by atoms with Gasteiger partial charge in [-0.2, -0.15) is 10.1 Å². The van der Waals surface area contributed by atoms with Crippen LogP contribution in [0.5, 0.6) is 5.75 Å². The molecule has 2 aliphatic rings. The number of imide groups is 1. The molecule has 0 saturated carbocycles. The van der Waals surface area contributed by atoms with Crippen molar-refractivity contribution in [2.75, 3.05) is 12.0 Å². The van der Waals surface area contributed by atoms with Gasteiger partial charge in [0.05, 0.1) is 12.8 Å². The molecule has 10 nitrogen and oxygen atoms in total. The maximum absolute atomic E-state index is 13.1. The second-order valence-electron chi connectivity index (χ2n) is 7.28. The van der Waals surface area contributed by atoms with Gasteiger partial charge in [0.25, 0.3) is 11.8 Å². The number of benzene rings is 2. The minimum Gasteiger partial charge on any atom is -0.497 e. The summed E-state index contributed by atoms with van der Waals surface area (Å²) in [6, 6.07) is 12.7. The summed E-state index contributed by atoms with van der Waals surface area (Å²) in [6.45, 7) is 2.06. The number of aromatic nitrogens is 2. The highest BCUT2D eigenvalue weighted by Crippen LogP contribution is 2.33. The molecule has 2 aliphatic heterocycles. The Kier molecular flexibility index (Phi) is 4.46. The predicted octanol–water partition coefficient (Wildman–Crippen LogP) is 2.55. The van der Waals surface area contributed by atoms with Crippen molar-refractivity contribution in [2.45, 2.75) is 25.6 Å². The molecule has 0 N–H and O–H groups in total. The summed E-state index contributed by atoms with van der Waals surface area (Å²) in [5.41, 5.74) is 2.40. The zero-order valence-electron chi connectivity index (χ0n) is 16.8. The van der Waals surface area contributed by atoms with Gasteiger partial charge in [0.1, 0.15) is 12.3 Å². The van der Waals surface area contributed by atoms with E-state index in [1.54, 1.807) is 31.4 Å². The molecule has 10 heteroatoms. The SMILES string of the molecule is COc1ccc(N2C(=O)[C@H]3N=NN(Cc4nc(-c5ccc(C)cc5)no4)[C@@H]3C2=O)cc1. The van der Waals surface area contributed by atoms with Gasteiger partial charge in [0.2, 0.25) is 11.7 Å². The summed E-state index contributed by atoms with van der Waals surface area (Å²) in [6.07, 6.45) is 0. The van der Waals surface area contributed by atoms with Crippen molar-refractivity contribution in [2.24, 2.45) is 10.3 Å². The van der Waals surface area contributed by atoms with Gasteiger partial charge in [0, 0.05) is 5.56 Å². The maximum Gasteiger partial charge on any atom is 0.263 e. The van der Waals surface area contributed by atoms with Crippen LogP contribution < -0.4 is 9.64 Å². The van der Waals surface area contributed by atoms with Crippen molar-refractivity contribution in [1.82, 2.24) is 15.1 Å². The van der Waals surface area contributed by atoms with Crippen molar-refractivity contribution in [3.05, 3.63) is 60.0 Å². The molecule has 2 atom stereocenters. The number of amides is 2. The van der Waals surface area contributed by atoms with Crippen LogP contribution in [-0.4, -0.2) is 46.2 Å². The van der Waals surface area contributed by atoms with Gasteiger partial charge in [-0.1, -0.05) is 40.2 Å². The average Bonchev–Trinajstić information content (AvgIpc) is 3.47. The lowest BCUT2D eigenvalue weighted by molar-refractivity contribution is -0.123. The second-order valence-corrected chi connectivity index (χ2v) is 7.28. The van der Waals surface area contributed by atoms with Crippen molar-refractivity contribution in [1.29, 1.82) is 0 Å². The Morgan fingerprint density at radius 1 is 1.03 bits per heavy atom. The monoisotopic (exact) mass is 418 g/mol. The fourth-order valence-corrected chi connectivity index (χ4v) is 3.62. The van der Waals surface area contributed by atoms with Crippen LogP contribution in [0.4, 0.5) is 5.69 Å². The van der Waals surface area contributed by atoms with Crippen LogP contribution in [0.25, 0.3) is 11.4 Å². The first-order valence-corrected chi connectivity index (χ1v) is 9.64. The van der Waals surface area contributed by atoms with E-state index in [1.807, 2.05) is 31.2 Å². The van der Waals surface area contributed by atoms with Crippen molar-refractivity contribution >= 4 is 17.5 Å². The Morgan fingerprint density at radius 2 is 1.77 bits per heavy atom. The first-order chi connectivity index (χ1) is 15.0. The van der Waals surface area contributed by atoms with E-state index in [0.717, 1.165) is 16.0 Å². The lowest BCUT2D eigenvalue weighted by Gasteiger charge is -2.19. The van der Waals surface area contributed by atoms with Gasteiger partial charge < -0.3 is 9.26 Å². The number of nitrogens with zero attached hydrogens (tertiary/aromatic N) is 6. The number of rotatable bonds is 5. The number of hydrogen-bond donors (Lipinski definition) is 0. The molecule has 3 aromatic rings. The van der Waals surface area contributed by atoms with E-state index in [4.69, 9.17) is 9.26 Å². The normalized spacial score (nSPS) is 19.9. The Hall–Kier alpha value is -4.08. The van der Waals surface area contributed by atoms with Crippen LogP contribution in [-0.2, 0) is 16.1 Å². The molecule has 0 aliphatic carbocycles. The standard InChI is InChI=1S/C21H18N6O4/c1-12-3-5-13(6-4-12)19-22-16(31-24-19)11-26-18-17(23-25-26)20(28)27(21(18)29)14-7-9-15(30-2)10-8-14/h3-10,17-18H,11H2,1-2H3/t17-,18-/m0/s1. The zero-order valence-corrected chi connectivity index (χ0v) is 16.8. The fourth-order valence-electron chi connectivity index (χ4n) is 3.62. The minimum atomic E-state index is -0.894. The average molecular weight is 418 g/mol. The zero-order chi connectivity index (χ0) is 21.5. The lowest BCUT2D eigenvalue weighted by atomic mass is 10.1. The van der Waals surface area contributed by atoms with Crippen LogP contribution in [0.15, 0.2) is 63.4 Å². The third-order valence-electron chi connectivity index (χ3n) is 5.26. The van der Waals surface area contributed by atoms with Crippen molar-refractivity contribution < 1.29 is 18.8 Å². The number of aryl methyl sites for hydroxylation is 1. The van der Waals surface area contributed by atoms with Crippen LogP contribution >= 0.6 is 0 Å². The molecule has 1 saturated heterocycles. The number of carbonyl (C=O) groups is 2. The number of anilines is 1. The van der Waals surface area contributed by atoms with Gasteiger partial charge in [-0.3, -0.25) is 14.6 Å². The van der Waals surface area contributed by atoms with Crippen LogP contribution in [0.3, 0.4) is 0 Å². The number of methoxy groups -OCH3 is 1. The highest BCUT2D eigenvalue weighted by molar-refractivity contribution is 6.25. The first-order valence-electron chi connectivity index (χ1n) is 9.64. The van der Waals surface area contributed by atoms with E-state index in [1.165, 1.54) is 5.01 Å². The summed E-state index contributed by atoms with van der Waals surface area (Å²) in [4.78, 5) is 31.4. The molecule has 1 aromatic heterocycles. The Labute approximate surface area is 177 Å². The Morgan fingerprint density at radius 3 is 2.48 bits per heavy atom. The smallest absolute Gasteiger partial charge is 0.263 e. The lowest BCUT2D eigenvalue weighted by Crippen LogP contribution is -2.39. The molecule has 0 spiro atoms. The van der Waals surface area contributed by atoms with E-state index < -0.39 is 23.9 Å². The number of carbonyl (C=O) groups excluding carboxylic acids is 2. The summed E-state index contributed by atoms with van der Waals surface area (Å²) in [5.74, 6) is 0.528. The summed E-state index contributed by atoms with van der Waals surface area (Å²) in [7, 11) is 1.55. The van der Waals surface area contributed by atoms with Crippen LogP contribution in [0, 0.1) is 6.92 Å². The van der Waals surface area contributed by atoms with E-state index in [0.29, 0.717) is 17.3 Å². The van der Waals surface area contributed by atoms with Gasteiger partial charge >= 0.3 is 0 Å². The predicted molar refractivity (Wildman–Crippen MR) is 108 cm³/mol. The van der Waals surface area contributed by atoms with Gasteiger partial charge in [0.15, 0.2) is 12.1 Å². The molecule has 2 aromatic carbocycles. The molecule has 5 rings (SSSR count). The first kappa shape index (κ1) is 18.9. The quantitative estimate of drug-likeness (QED) is 0.585. The van der Waals surface area contributed by atoms with E-state index in [9.17, 15) is 9.59 Å². The molecule has 1 fully saturated rings. The fraction of sp³-hybridized carbons (Fsp3) is 0.238. The molecule has 2 amide bonds.